The number of H-pyrrole nitrogens is 1. The van der Waals surface area contributed by atoms with E-state index in [0.717, 1.165) is 12.6 Å². The minimum absolute atomic E-state index is 0.221. The number of hydrogen-bond donors (Lipinski definition) is 2. The summed E-state index contributed by atoms with van der Waals surface area (Å²) in [7, 11) is 0. The van der Waals surface area contributed by atoms with E-state index in [0.29, 0.717) is 12.4 Å². The molecule has 0 spiro atoms. The molecule has 0 atom stereocenters. The SMILES string of the molecule is O=c1cn[nH]c(-c2nccn2CCC(c2ccccc2)c2ccccc2)c1O. The van der Waals surface area contributed by atoms with Gasteiger partial charge in [0.05, 0.1) is 6.20 Å². The highest BCUT2D eigenvalue weighted by Gasteiger charge is 2.17. The lowest BCUT2D eigenvalue weighted by Crippen LogP contribution is -2.10. The minimum atomic E-state index is -0.533. The van der Waals surface area contributed by atoms with E-state index < -0.39 is 5.43 Å². The lowest BCUT2D eigenvalue weighted by Gasteiger charge is -2.19. The number of rotatable bonds is 6. The molecule has 0 saturated heterocycles. The van der Waals surface area contributed by atoms with Gasteiger partial charge in [0, 0.05) is 24.9 Å². The first-order valence-corrected chi connectivity index (χ1v) is 9.12. The fourth-order valence-corrected chi connectivity index (χ4v) is 3.43. The van der Waals surface area contributed by atoms with E-state index in [9.17, 15) is 9.90 Å². The van der Waals surface area contributed by atoms with Crippen LogP contribution in [0.5, 0.6) is 5.75 Å². The molecule has 2 heterocycles. The van der Waals surface area contributed by atoms with Crippen molar-refractivity contribution < 1.29 is 5.11 Å². The first-order valence-electron chi connectivity index (χ1n) is 9.12. The molecule has 0 aliphatic carbocycles. The van der Waals surface area contributed by atoms with Gasteiger partial charge in [-0.15, -0.1) is 0 Å². The van der Waals surface area contributed by atoms with Crippen molar-refractivity contribution in [2.24, 2.45) is 0 Å². The summed E-state index contributed by atoms with van der Waals surface area (Å²) in [5.74, 6) is 0.340. The molecule has 0 fully saturated rings. The van der Waals surface area contributed by atoms with Crippen molar-refractivity contribution >= 4 is 0 Å². The second-order valence-electron chi connectivity index (χ2n) is 6.56. The van der Waals surface area contributed by atoms with E-state index in [1.54, 1.807) is 6.20 Å². The van der Waals surface area contributed by atoms with Gasteiger partial charge < -0.3 is 9.67 Å². The Morgan fingerprint density at radius 1 is 1.00 bits per heavy atom. The van der Waals surface area contributed by atoms with Gasteiger partial charge in [0.15, 0.2) is 11.6 Å². The molecule has 4 aromatic rings. The lowest BCUT2D eigenvalue weighted by atomic mass is 9.88. The Morgan fingerprint density at radius 2 is 1.64 bits per heavy atom. The number of hydrogen-bond acceptors (Lipinski definition) is 4. The van der Waals surface area contributed by atoms with Gasteiger partial charge in [0.1, 0.15) is 5.69 Å². The molecule has 140 valence electrons. The highest BCUT2D eigenvalue weighted by Crippen LogP contribution is 2.29. The normalized spacial score (nSPS) is 11.0. The van der Waals surface area contributed by atoms with Crippen molar-refractivity contribution in [2.45, 2.75) is 18.9 Å². The first-order chi connectivity index (χ1) is 13.7. The fraction of sp³-hybridized carbons (Fsp3) is 0.136. The maximum atomic E-state index is 11.7. The lowest BCUT2D eigenvalue weighted by molar-refractivity contribution is 0.466. The maximum Gasteiger partial charge on any atom is 0.242 e. The highest BCUT2D eigenvalue weighted by molar-refractivity contribution is 5.57. The number of nitrogens with zero attached hydrogens (tertiary/aromatic N) is 3. The number of aryl methyl sites for hydroxylation is 1. The Morgan fingerprint density at radius 3 is 2.29 bits per heavy atom. The van der Waals surface area contributed by atoms with E-state index in [-0.39, 0.29) is 17.4 Å². The summed E-state index contributed by atoms with van der Waals surface area (Å²) in [5.41, 5.74) is 2.18. The van der Waals surface area contributed by atoms with Crippen molar-refractivity contribution in [1.29, 1.82) is 0 Å². The second kappa shape index (κ2) is 7.92. The maximum absolute atomic E-state index is 11.7. The minimum Gasteiger partial charge on any atom is -0.503 e. The van der Waals surface area contributed by atoms with E-state index in [2.05, 4.69) is 39.4 Å². The number of imidazole rings is 1. The molecule has 0 aliphatic rings. The zero-order valence-corrected chi connectivity index (χ0v) is 15.2. The Bertz CT molecular complexity index is 1060. The van der Waals surface area contributed by atoms with Crippen LogP contribution in [0.15, 0.2) is 84.0 Å². The van der Waals surface area contributed by atoms with Gasteiger partial charge >= 0.3 is 0 Å². The van der Waals surface area contributed by atoms with Crippen molar-refractivity contribution in [1.82, 2.24) is 19.7 Å². The second-order valence-corrected chi connectivity index (χ2v) is 6.56. The third kappa shape index (κ3) is 3.57. The van der Waals surface area contributed by atoms with E-state index in [4.69, 9.17) is 0 Å². The van der Waals surface area contributed by atoms with Crippen molar-refractivity contribution in [2.75, 3.05) is 0 Å². The molecule has 4 rings (SSSR count). The zero-order valence-electron chi connectivity index (χ0n) is 15.2. The number of benzene rings is 2. The van der Waals surface area contributed by atoms with Crippen LogP contribution in [0.25, 0.3) is 11.5 Å². The predicted molar refractivity (Wildman–Crippen MR) is 107 cm³/mol. The third-order valence-corrected chi connectivity index (χ3v) is 4.83. The Hall–Kier alpha value is -3.67. The summed E-state index contributed by atoms with van der Waals surface area (Å²) >= 11 is 0. The molecule has 0 amide bonds. The van der Waals surface area contributed by atoms with Crippen molar-refractivity contribution in [3.05, 3.63) is 101 Å². The van der Waals surface area contributed by atoms with Gasteiger partial charge in [-0.3, -0.25) is 9.89 Å². The number of nitrogens with one attached hydrogen (secondary N) is 1. The number of aromatic hydroxyl groups is 1. The molecular formula is C22H20N4O2. The van der Waals surface area contributed by atoms with Gasteiger partial charge in [0.2, 0.25) is 5.43 Å². The molecule has 2 aromatic heterocycles. The molecule has 6 heteroatoms. The zero-order chi connectivity index (χ0) is 19.3. The van der Waals surface area contributed by atoms with Crippen LogP contribution >= 0.6 is 0 Å². The van der Waals surface area contributed by atoms with Crippen LogP contribution in [0, 0.1) is 0 Å². The van der Waals surface area contributed by atoms with Crippen molar-refractivity contribution in [3.63, 3.8) is 0 Å². The van der Waals surface area contributed by atoms with E-state index in [1.807, 2.05) is 47.2 Å². The topological polar surface area (TPSA) is 83.8 Å². The molecule has 0 aliphatic heterocycles. The highest BCUT2D eigenvalue weighted by atomic mass is 16.3. The molecule has 28 heavy (non-hydrogen) atoms. The molecule has 0 unspecified atom stereocenters. The Balaban J connectivity index is 1.64. The molecule has 2 N–H and O–H groups in total. The Labute approximate surface area is 162 Å². The molecular weight excluding hydrogens is 352 g/mol. The van der Waals surface area contributed by atoms with Crippen LogP contribution in [-0.4, -0.2) is 24.9 Å². The monoisotopic (exact) mass is 372 g/mol. The summed E-state index contributed by atoms with van der Waals surface area (Å²) in [6, 6.07) is 20.8. The van der Waals surface area contributed by atoms with Gasteiger partial charge in [-0.05, 0) is 17.5 Å². The van der Waals surface area contributed by atoms with Gasteiger partial charge in [-0.2, -0.15) is 5.10 Å². The summed E-state index contributed by atoms with van der Waals surface area (Å²) in [6.45, 7) is 0.667. The van der Waals surface area contributed by atoms with Gasteiger partial charge in [-0.25, -0.2) is 4.98 Å². The molecule has 0 radical (unpaired) electrons. The third-order valence-electron chi connectivity index (χ3n) is 4.83. The average molecular weight is 372 g/mol. The standard InChI is InChI=1S/C22H20N4O2/c27-19-15-24-25-20(21(19)28)22-23-12-14-26(22)13-11-18(16-7-3-1-4-8-16)17-9-5-2-6-10-17/h1-10,12,14-15,18H,11,13H2,(H,24,28)(H,25,27). The van der Waals surface area contributed by atoms with Crippen LogP contribution in [0.4, 0.5) is 0 Å². The van der Waals surface area contributed by atoms with Gasteiger partial charge in [-0.1, -0.05) is 60.7 Å². The van der Waals surface area contributed by atoms with Crippen LogP contribution in [0.1, 0.15) is 23.5 Å². The van der Waals surface area contributed by atoms with Crippen LogP contribution < -0.4 is 5.43 Å². The van der Waals surface area contributed by atoms with Crippen LogP contribution in [-0.2, 0) is 6.54 Å². The van der Waals surface area contributed by atoms with Crippen LogP contribution in [0.3, 0.4) is 0 Å². The molecule has 0 bridgehead atoms. The van der Waals surface area contributed by atoms with Crippen LogP contribution in [0.2, 0.25) is 0 Å². The van der Waals surface area contributed by atoms with Crippen molar-refractivity contribution in [3.8, 4) is 17.3 Å². The fourth-order valence-electron chi connectivity index (χ4n) is 3.43. The van der Waals surface area contributed by atoms with Gasteiger partial charge in [0.25, 0.3) is 0 Å². The molecule has 6 nitrogen and oxygen atoms in total. The summed E-state index contributed by atoms with van der Waals surface area (Å²) in [4.78, 5) is 16.0. The average Bonchev–Trinajstić information content (AvgIpc) is 3.20. The predicted octanol–water partition coefficient (Wildman–Crippen LogP) is 3.56. The van der Waals surface area contributed by atoms with E-state index in [1.165, 1.54) is 11.1 Å². The molecule has 2 aromatic carbocycles. The summed E-state index contributed by atoms with van der Waals surface area (Å²) < 4.78 is 1.92. The largest absolute Gasteiger partial charge is 0.503 e. The Kier molecular flexibility index (Phi) is 5.01. The van der Waals surface area contributed by atoms with E-state index >= 15 is 0 Å². The molecule has 0 saturated carbocycles. The summed E-state index contributed by atoms with van der Waals surface area (Å²) in [5, 5.41) is 16.6. The number of aromatic amines is 1. The first kappa shape index (κ1) is 17.7. The number of aromatic nitrogens is 4. The quantitative estimate of drug-likeness (QED) is 0.542. The smallest absolute Gasteiger partial charge is 0.242 e. The summed E-state index contributed by atoms with van der Waals surface area (Å²) in [6.07, 6.45) is 5.38.